The molecule has 2 aromatic rings. The van der Waals surface area contributed by atoms with Gasteiger partial charge in [0.25, 0.3) is 0 Å². The largest absolute Gasteiger partial charge is 0.497 e. The van der Waals surface area contributed by atoms with Gasteiger partial charge in [0.2, 0.25) is 5.91 Å². The van der Waals surface area contributed by atoms with Gasteiger partial charge in [-0.2, -0.15) is 5.21 Å². The van der Waals surface area contributed by atoms with Gasteiger partial charge in [0, 0.05) is 19.4 Å². The lowest BCUT2D eigenvalue weighted by Crippen LogP contribution is -2.26. The first-order chi connectivity index (χ1) is 9.78. The summed E-state index contributed by atoms with van der Waals surface area (Å²) >= 11 is 0. The molecular formula is C13H17N5O2. The van der Waals surface area contributed by atoms with Crippen molar-refractivity contribution >= 4 is 5.91 Å². The lowest BCUT2D eigenvalue weighted by Gasteiger charge is -2.05. The number of carbonyl (C=O) groups is 1. The van der Waals surface area contributed by atoms with Gasteiger partial charge in [-0.1, -0.05) is 17.3 Å². The van der Waals surface area contributed by atoms with Crippen LogP contribution in [-0.2, 0) is 17.6 Å². The Kier molecular flexibility index (Phi) is 5.05. The number of rotatable bonds is 7. The van der Waals surface area contributed by atoms with Gasteiger partial charge in [-0.25, -0.2) is 0 Å². The summed E-state index contributed by atoms with van der Waals surface area (Å²) in [5.74, 6) is 1.43. The molecule has 20 heavy (non-hydrogen) atoms. The lowest BCUT2D eigenvalue weighted by molar-refractivity contribution is -0.121. The number of H-pyrrole nitrogens is 1. The molecule has 0 aliphatic rings. The number of benzene rings is 1. The van der Waals surface area contributed by atoms with Crippen molar-refractivity contribution in [3.63, 3.8) is 0 Å². The molecule has 0 fully saturated rings. The van der Waals surface area contributed by atoms with E-state index in [1.54, 1.807) is 7.11 Å². The monoisotopic (exact) mass is 275 g/mol. The van der Waals surface area contributed by atoms with Gasteiger partial charge in [0.1, 0.15) is 5.75 Å². The van der Waals surface area contributed by atoms with E-state index in [1.807, 2.05) is 24.3 Å². The van der Waals surface area contributed by atoms with Crippen LogP contribution in [0.5, 0.6) is 5.75 Å². The Morgan fingerprint density at radius 2 is 2.10 bits per heavy atom. The number of tetrazole rings is 1. The maximum atomic E-state index is 11.7. The number of aryl methyl sites for hydroxylation is 1. The molecule has 1 heterocycles. The predicted octanol–water partition coefficient (Wildman–Crippen LogP) is 0.500. The second-order valence-corrected chi connectivity index (χ2v) is 4.28. The summed E-state index contributed by atoms with van der Waals surface area (Å²) in [6, 6.07) is 7.71. The Morgan fingerprint density at radius 1 is 1.30 bits per heavy atom. The highest BCUT2D eigenvalue weighted by atomic mass is 16.5. The number of nitrogens with one attached hydrogen (secondary N) is 2. The van der Waals surface area contributed by atoms with Crippen LogP contribution in [0.15, 0.2) is 24.3 Å². The van der Waals surface area contributed by atoms with E-state index in [1.165, 1.54) is 0 Å². The summed E-state index contributed by atoms with van der Waals surface area (Å²) < 4.78 is 5.08. The third kappa shape index (κ3) is 4.34. The van der Waals surface area contributed by atoms with E-state index in [-0.39, 0.29) is 5.91 Å². The average Bonchev–Trinajstić information content (AvgIpc) is 2.99. The number of aromatic nitrogens is 4. The molecule has 0 aliphatic carbocycles. The molecule has 0 unspecified atom stereocenters. The molecule has 0 saturated heterocycles. The Bertz CT molecular complexity index is 524. The average molecular weight is 275 g/mol. The van der Waals surface area contributed by atoms with Crippen molar-refractivity contribution in [3.05, 3.63) is 35.7 Å². The fourth-order valence-corrected chi connectivity index (χ4v) is 1.74. The van der Waals surface area contributed by atoms with Crippen LogP contribution in [0, 0.1) is 0 Å². The first kappa shape index (κ1) is 14.0. The summed E-state index contributed by atoms with van der Waals surface area (Å²) in [4.78, 5) is 11.7. The standard InChI is InChI=1S/C13H17N5O2/c1-20-11-5-2-10(3-6-11)4-7-13(19)14-9-8-12-15-17-18-16-12/h2-3,5-6H,4,7-9H2,1H3,(H,14,19)(H,15,16,17,18). The second kappa shape index (κ2) is 7.22. The third-order valence-corrected chi connectivity index (χ3v) is 2.86. The van der Waals surface area contributed by atoms with E-state index in [9.17, 15) is 4.79 Å². The van der Waals surface area contributed by atoms with Crippen LogP contribution >= 0.6 is 0 Å². The van der Waals surface area contributed by atoms with Gasteiger partial charge in [0.15, 0.2) is 5.82 Å². The van der Waals surface area contributed by atoms with Crippen molar-refractivity contribution in [2.45, 2.75) is 19.3 Å². The Labute approximate surface area is 116 Å². The number of ether oxygens (including phenoxy) is 1. The van der Waals surface area contributed by atoms with E-state index < -0.39 is 0 Å². The van der Waals surface area contributed by atoms with Crippen molar-refractivity contribution in [1.29, 1.82) is 0 Å². The molecule has 1 aromatic carbocycles. The van der Waals surface area contributed by atoms with Crippen molar-refractivity contribution in [2.24, 2.45) is 0 Å². The highest BCUT2D eigenvalue weighted by Crippen LogP contribution is 2.12. The topological polar surface area (TPSA) is 92.8 Å². The third-order valence-electron chi connectivity index (χ3n) is 2.86. The zero-order chi connectivity index (χ0) is 14.2. The van der Waals surface area contributed by atoms with Crippen molar-refractivity contribution < 1.29 is 9.53 Å². The Morgan fingerprint density at radius 3 is 2.75 bits per heavy atom. The molecule has 0 saturated carbocycles. The first-order valence-electron chi connectivity index (χ1n) is 6.40. The minimum Gasteiger partial charge on any atom is -0.497 e. The number of hydrogen-bond donors (Lipinski definition) is 2. The summed E-state index contributed by atoms with van der Waals surface area (Å²) in [7, 11) is 1.63. The number of amides is 1. The van der Waals surface area contributed by atoms with E-state index >= 15 is 0 Å². The van der Waals surface area contributed by atoms with E-state index in [0.29, 0.717) is 31.6 Å². The highest BCUT2D eigenvalue weighted by Gasteiger charge is 2.03. The van der Waals surface area contributed by atoms with Gasteiger partial charge >= 0.3 is 0 Å². The quantitative estimate of drug-likeness (QED) is 0.767. The molecule has 106 valence electrons. The van der Waals surface area contributed by atoms with Crippen LogP contribution in [0.3, 0.4) is 0 Å². The van der Waals surface area contributed by atoms with Crippen LogP contribution in [0.1, 0.15) is 17.8 Å². The van der Waals surface area contributed by atoms with Crippen LogP contribution in [0.25, 0.3) is 0 Å². The molecule has 7 heteroatoms. The first-order valence-corrected chi connectivity index (χ1v) is 6.40. The van der Waals surface area contributed by atoms with Gasteiger partial charge in [-0.3, -0.25) is 4.79 Å². The fraction of sp³-hybridized carbons (Fsp3) is 0.385. The molecule has 1 aromatic heterocycles. The van der Waals surface area contributed by atoms with Crippen LogP contribution < -0.4 is 10.1 Å². The molecule has 0 radical (unpaired) electrons. The number of hydrogen-bond acceptors (Lipinski definition) is 5. The van der Waals surface area contributed by atoms with Crippen LogP contribution in [0.2, 0.25) is 0 Å². The van der Waals surface area contributed by atoms with E-state index in [0.717, 1.165) is 11.3 Å². The van der Waals surface area contributed by atoms with Crippen molar-refractivity contribution in [1.82, 2.24) is 25.9 Å². The maximum absolute atomic E-state index is 11.7. The number of aromatic amines is 1. The smallest absolute Gasteiger partial charge is 0.220 e. The molecule has 0 spiro atoms. The van der Waals surface area contributed by atoms with Crippen LogP contribution in [-0.4, -0.2) is 40.2 Å². The van der Waals surface area contributed by atoms with E-state index in [2.05, 4.69) is 25.9 Å². The van der Waals surface area contributed by atoms with Gasteiger partial charge in [0.05, 0.1) is 7.11 Å². The van der Waals surface area contributed by atoms with Crippen molar-refractivity contribution in [3.8, 4) is 5.75 Å². The number of nitrogens with zero attached hydrogens (tertiary/aromatic N) is 3. The summed E-state index contributed by atoms with van der Waals surface area (Å²) in [6.07, 6.45) is 1.74. The molecule has 7 nitrogen and oxygen atoms in total. The maximum Gasteiger partial charge on any atom is 0.220 e. The predicted molar refractivity (Wildman–Crippen MR) is 72.2 cm³/mol. The van der Waals surface area contributed by atoms with Crippen LogP contribution in [0.4, 0.5) is 0 Å². The molecule has 2 rings (SSSR count). The van der Waals surface area contributed by atoms with Crippen molar-refractivity contribution in [2.75, 3.05) is 13.7 Å². The Balaban J connectivity index is 1.66. The fourth-order valence-electron chi connectivity index (χ4n) is 1.74. The van der Waals surface area contributed by atoms with E-state index in [4.69, 9.17) is 4.74 Å². The summed E-state index contributed by atoms with van der Waals surface area (Å²) in [6.45, 7) is 0.515. The van der Waals surface area contributed by atoms with Gasteiger partial charge in [-0.15, -0.1) is 10.2 Å². The molecule has 1 amide bonds. The Hall–Kier alpha value is -2.44. The van der Waals surface area contributed by atoms with Gasteiger partial charge in [-0.05, 0) is 24.1 Å². The molecule has 0 atom stereocenters. The second-order valence-electron chi connectivity index (χ2n) is 4.28. The molecular weight excluding hydrogens is 258 g/mol. The normalized spacial score (nSPS) is 10.2. The molecule has 0 aliphatic heterocycles. The lowest BCUT2D eigenvalue weighted by atomic mass is 10.1. The molecule has 2 N–H and O–H groups in total. The zero-order valence-electron chi connectivity index (χ0n) is 11.3. The summed E-state index contributed by atoms with van der Waals surface area (Å²) in [5.41, 5.74) is 1.11. The van der Waals surface area contributed by atoms with Gasteiger partial charge < -0.3 is 10.1 Å². The zero-order valence-corrected chi connectivity index (χ0v) is 11.3. The SMILES string of the molecule is COc1ccc(CCC(=O)NCCc2nn[nH]n2)cc1. The summed E-state index contributed by atoms with van der Waals surface area (Å²) in [5, 5.41) is 16.3. The highest BCUT2D eigenvalue weighted by molar-refractivity contribution is 5.76. The number of carbonyl (C=O) groups excluding carboxylic acids is 1. The minimum atomic E-state index is 0.0179. The minimum absolute atomic E-state index is 0.0179. The molecule has 0 bridgehead atoms. The number of methoxy groups -OCH3 is 1.